The zero-order chi connectivity index (χ0) is 14.0. The van der Waals surface area contributed by atoms with E-state index in [1.54, 1.807) is 0 Å². The van der Waals surface area contributed by atoms with Gasteiger partial charge in [0.1, 0.15) is 5.92 Å². The van der Waals surface area contributed by atoms with E-state index in [-0.39, 0.29) is 5.91 Å². The third-order valence-corrected chi connectivity index (χ3v) is 3.96. The molecule has 2 aliphatic rings. The highest BCUT2D eigenvalue weighted by Gasteiger charge is 2.48. The van der Waals surface area contributed by atoms with Crippen LogP contribution >= 0.6 is 0 Å². The number of hydrogen-bond acceptors (Lipinski definition) is 4. The van der Waals surface area contributed by atoms with Crippen molar-refractivity contribution in [2.24, 2.45) is 5.92 Å². The number of carbonyl (C=O) groups is 3. The van der Waals surface area contributed by atoms with E-state index >= 15 is 0 Å². The molecule has 1 atom stereocenters. The summed E-state index contributed by atoms with van der Waals surface area (Å²) in [6.45, 7) is 4.85. The van der Waals surface area contributed by atoms with Crippen LogP contribution in [0.4, 0.5) is 4.79 Å². The van der Waals surface area contributed by atoms with E-state index in [2.05, 4.69) is 5.32 Å². The molecule has 0 aromatic rings. The molecule has 0 bridgehead atoms. The quantitative estimate of drug-likeness (QED) is 0.776. The molecule has 6 heteroatoms. The first-order valence-electron chi connectivity index (χ1n) is 6.76. The lowest BCUT2D eigenvalue weighted by molar-refractivity contribution is -0.149. The number of urea groups is 1. The molecule has 0 saturated carbocycles. The molecule has 4 amide bonds. The molecule has 0 aliphatic carbocycles. The molecular weight excluding hydrogens is 248 g/mol. The summed E-state index contributed by atoms with van der Waals surface area (Å²) in [4.78, 5) is 37.4. The first kappa shape index (κ1) is 14.0. The summed E-state index contributed by atoms with van der Waals surface area (Å²) < 4.78 is 5.29. The van der Waals surface area contributed by atoms with Crippen LogP contribution in [0.1, 0.15) is 39.5 Å². The number of rotatable bonds is 3. The highest BCUT2D eigenvalue weighted by Crippen LogP contribution is 2.31. The smallest absolute Gasteiger partial charge is 0.331 e. The molecule has 0 spiro atoms. The molecule has 2 heterocycles. The lowest BCUT2D eigenvalue weighted by Gasteiger charge is -2.45. The summed E-state index contributed by atoms with van der Waals surface area (Å²) in [5.41, 5.74) is -0.549. The van der Waals surface area contributed by atoms with Crippen molar-refractivity contribution in [1.82, 2.24) is 10.2 Å². The van der Waals surface area contributed by atoms with E-state index in [1.807, 2.05) is 13.8 Å². The summed E-state index contributed by atoms with van der Waals surface area (Å²) in [7, 11) is 0. The first-order chi connectivity index (χ1) is 8.99. The highest BCUT2D eigenvalue weighted by molar-refractivity contribution is 6.16. The van der Waals surface area contributed by atoms with Gasteiger partial charge in [0.15, 0.2) is 0 Å². The van der Waals surface area contributed by atoms with Gasteiger partial charge in [0.05, 0.1) is 5.54 Å². The Morgan fingerprint density at radius 3 is 2.53 bits per heavy atom. The van der Waals surface area contributed by atoms with E-state index in [9.17, 15) is 14.4 Å². The van der Waals surface area contributed by atoms with Gasteiger partial charge in [0.25, 0.3) is 0 Å². The maximum atomic E-state index is 12.4. The topological polar surface area (TPSA) is 75.7 Å². The molecule has 2 rings (SSSR count). The van der Waals surface area contributed by atoms with Crippen LogP contribution in [-0.2, 0) is 14.3 Å². The maximum Gasteiger partial charge on any atom is 0.331 e. The zero-order valence-electron chi connectivity index (χ0n) is 11.4. The monoisotopic (exact) mass is 268 g/mol. The van der Waals surface area contributed by atoms with Gasteiger partial charge in [0.2, 0.25) is 11.8 Å². The molecule has 1 unspecified atom stereocenters. The Balaban J connectivity index is 2.25. The number of nitrogens with zero attached hydrogens (tertiary/aromatic N) is 1. The Kier molecular flexibility index (Phi) is 3.89. The van der Waals surface area contributed by atoms with Gasteiger partial charge in [-0.25, -0.2) is 4.79 Å². The number of hydrogen-bond donors (Lipinski definition) is 1. The standard InChI is InChI=1S/C13H20N2O4/c1-3-4-9-10(16)14-12(18)15(11(9)17)13(2)5-7-19-8-6-13/h9H,3-8H2,1-2H3,(H,14,16,18). The number of carbonyl (C=O) groups excluding carboxylic acids is 3. The van der Waals surface area contributed by atoms with Crippen LogP contribution in [0.25, 0.3) is 0 Å². The van der Waals surface area contributed by atoms with Crippen LogP contribution in [0.2, 0.25) is 0 Å². The lowest BCUT2D eigenvalue weighted by Crippen LogP contribution is -2.65. The minimum Gasteiger partial charge on any atom is -0.381 e. The van der Waals surface area contributed by atoms with E-state index < -0.39 is 23.4 Å². The molecule has 0 aromatic carbocycles. The Hall–Kier alpha value is -1.43. The molecule has 2 saturated heterocycles. The number of imide groups is 2. The summed E-state index contributed by atoms with van der Waals surface area (Å²) in [5.74, 6) is -1.56. The molecule has 106 valence electrons. The number of amides is 4. The van der Waals surface area contributed by atoms with Crippen LogP contribution in [-0.4, -0.2) is 41.5 Å². The predicted molar refractivity (Wildman–Crippen MR) is 67.2 cm³/mol. The Bertz CT molecular complexity index is 401. The SMILES string of the molecule is CCCC1C(=O)NC(=O)N(C2(C)CCOCC2)C1=O. The van der Waals surface area contributed by atoms with Crippen molar-refractivity contribution in [2.75, 3.05) is 13.2 Å². The number of nitrogens with one attached hydrogen (secondary N) is 1. The number of barbiturate groups is 1. The second-order valence-corrected chi connectivity index (χ2v) is 5.42. The summed E-state index contributed by atoms with van der Waals surface area (Å²) in [5, 5.41) is 2.30. The predicted octanol–water partition coefficient (Wildman–Crippen LogP) is 1.05. The second kappa shape index (κ2) is 5.28. The average Bonchev–Trinajstić information content (AvgIpc) is 2.34. The third-order valence-electron chi connectivity index (χ3n) is 3.96. The van der Waals surface area contributed by atoms with Gasteiger partial charge in [-0.1, -0.05) is 13.3 Å². The van der Waals surface area contributed by atoms with Crippen molar-refractivity contribution < 1.29 is 19.1 Å². The fraction of sp³-hybridized carbons (Fsp3) is 0.769. The van der Waals surface area contributed by atoms with Gasteiger partial charge in [0, 0.05) is 13.2 Å². The van der Waals surface area contributed by atoms with Gasteiger partial charge < -0.3 is 4.74 Å². The second-order valence-electron chi connectivity index (χ2n) is 5.42. The molecule has 2 fully saturated rings. The van der Waals surface area contributed by atoms with Crippen LogP contribution < -0.4 is 5.32 Å². The zero-order valence-corrected chi connectivity index (χ0v) is 11.4. The van der Waals surface area contributed by atoms with E-state index in [4.69, 9.17) is 4.74 Å². The lowest BCUT2D eigenvalue weighted by atomic mass is 9.87. The van der Waals surface area contributed by atoms with Crippen LogP contribution in [0, 0.1) is 5.92 Å². The van der Waals surface area contributed by atoms with Crippen molar-refractivity contribution in [3.63, 3.8) is 0 Å². The largest absolute Gasteiger partial charge is 0.381 e. The van der Waals surface area contributed by atoms with Gasteiger partial charge in [-0.05, 0) is 26.2 Å². The van der Waals surface area contributed by atoms with Crippen LogP contribution in [0.3, 0.4) is 0 Å². The minimum atomic E-state index is -0.734. The van der Waals surface area contributed by atoms with Gasteiger partial charge in [-0.15, -0.1) is 0 Å². The first-order valence-corrected chi connectivity index (χ1v) is 6.76. The van der Waals surface area contributed by atoms with Crippen molar-refractivity contribution in [3.05, 3.63) is 0 Å². The van der Waals surface area contributed by atoms with Crippen molar-refractivity contribution in [1.29, 1.82) is 0 Å². The van der Waals surface area contributed by atoms with E-state index in [0.717, 1.165) is 6.42 Å². The van der Waals surface area contributed by atoms with Crippen LogP contribution in [0.5, 0.6) is 0 Å². The average molecular weight is 268 g/mol. The summed E-state index contributed by atoms with van der Waals surface area (Å²) in [6, 6.07) is -0.591. The van der Waals surface area contributed by atoms with Gasteiger partial charge in [-0.2, -0.15) is 0 Å². The fourth-order valence-electron chi connectivity index (χ4n) is 2.71. The van der Waals surface area contributed by atoms with Gasteiger partial charge >= 0.3 is 6.03 Å². The van der Waals surface area contributed by atoms with Crippen LogP contribution in [0.15, 0.2) is 0 Å². The summed E-state index contributed by atoms with van der Waals surface area (Å²) >= 11 is 0. The Labute approximate surface area is 112 Å². The Morgan fingerprint density at radius 1 is 1.32 bits per heavy atom. The van der Waals surface area contributed by atoms with Crippen molar-refractivity contribution in [2.45, 2.75) is 45.1 Å². The fourth-order valence-corrected chi connectivity index (χ4v) is 2.71. The number of ether oxygens (including phenoxy) is 1. The van der Waals surface area contributed by atoms with E-state index in [0.29, 0.717) is 32.5 Å². The minimum absolute atomic E-state index is 0.361. The molecule has 19 heavy (non-hydrogen) atoms. The molecule has 0 aromatic heterocycles. The maximum absolute atomic E-state index is 12.4. The van der Waals surface area contributed by atoms with Crippen molar-refractivity contribution in [3.8, 4) is 0 Å². The molecular formula is C13H20N2O4. The Morgan fingerprint density at radius 2 is 1.95 bits per heavy atom. The molecule has 1 N–H and O–H groups in total. The molecule has 2 aliphatic heterocycles. The molecule has 0 radical (unpaired) electrons. The van der Waals surface area contributed by atoms with Crippen molar-refractivity contribution >= 4 is 17.8 Å². The van der Waals surface area contributed by atoms with E-state index in [1.165, 1.54) is 4.90 Å². The third kappa shape index (κ3) is 2.49. The van der Waals surface area contributed by atoms with Gasteiger partial charge in [-0.3, -0.25) is 19.8 Å². The summed E-state index contributed by atoms with van der Waals surface area (Å²) in [6.07, 6.45) is 2.42. The normalized spacial score (nSPS) is 27.4. The molecule has 6 nitrogen and oxygen atoms in total. The highest BCUT2D eigenvalue weighted by atomic mass is 16.5.